The third-order valence-corrected chi connectivity index (χ3v) is 7.41. The summed E-state index contributed by atoms with van der Waals surface area (Å²) in [6.45, 7) is 13.1. The molecule has 1 fully saturated rings. The zero-order valence-electron chi connectivity index (χ0n) is 20.6. The lowest BCUT2D eigenvalue weighted by atomic mass is 9.89. The number of furan rings is 1. The molecule has 4 heterocycles. The fraction of sp³-hybridized carbons (Fsp3) is 0.480. The van der Waals surface area contributed by atoms with Crippen molar-refractivity contribution in [1.29, 1.82) is 0 Å². The van der Waals surface area contributed by atoms with Gasteiger partial charge in [-0.2, -0.15) is 0 Å². The Bertz CT molecular complexity index is 1200. The predicted octanol–water partition coefficient (Wildman–Crippen LogP) is 5.02. The molecular weight excluding hydrogens is 450 g/mol. The summed E-state index contributed by atoms with van der Waals surface area (Å²) in [5, 5.41) is 12.6. The van der Waals surface area contributed by atoms with Gasteiger partial charge >= 0.3 is 0 Å². The number of nitrogens with one attached hydrogen (secondary N) is 1. The number of anilines is 1. The maximum Gasteiger partial charge on any atom is 0.289 e. The Balaban J connectivity index is 1.47. The van der Waals surface area contributed by atoms with Crippen molar-refractivity contribution in [2.75, 3.05) is 18.4 Å². The summed E-state index contributed by atoms with van der Waals surface area (Å²) in [6.07, 6.45) is 1.46. The monoisotopic (exact) mass is 481 g/mol. The third kappa shape index (κ3) is 5.04. The number of piperidine rings is 1. The molecule has 0 unspecified atom stereocenters. The fourth-order valence-electron chi connectivity index (χ4n) is 4.01. The molecule has 1 aliphatic heterocycles. The molecule has 1 aliphatic rings. The van der Waals surface area contributed by atoms with E-state index in [1.54, 1.807) is 6.07 Å². The lowest BCUT2D eigenvalue weighted by Crippen LogP contribution is -2.38. The minimum absolute atomic E-state index is 0.0873. The van der Waals surface area contributed by atoms with E-state index < -0.39 is 0 Å². The number of likely N-dealkylation sites (tertiary alicyclic amines) is 1. The highest BCUT2D eigenvalue weighted by atomic mass is 32.1. The number of pyridine rings is 1. The lowest BCUT2D eigenvalue weighted by molar-refractivity contribution is 0.0677. The van der Waals surface area contributed by atoms with Crippen molar-refractivity contribution in [3.8, 4) is 0 Å². The lowest BCUT2D eigenvalue weighted by Gasteiger charge is -2.32. The van der Waals surface area contributed by atoms with Crippen LogP contribution in [0.4, 0.5) is 5.13 Å². The number of aryl methyl sites for hydroxylation is 3. The van der Waals surface area contributed by atoms with Gasteiger partial charge in [0, 0.05) is 30.1 Å². The second-order valence-electron chi connectivity index (χ2n) is 9.92. The average molecular weight is 482 g/mol. The largest absolute Gasteiger partial charge is 0.456 e. The summed E-state index contributed by atoms with van der Waals surface area (Å²) in [7, 11) is 0. The molecule has 0 aliphatic carbocycles. The van der Waals surface area contributed by atoms with E-state index in [9.17, 15) is 9.59 Å². The van der Waals surface area contributed by atoms with E-state index >= 15 is 0 Å². The molecule has 4 rings (SSSR count). The first kappa shape index (κ1) is 24.1. The van der Waals surface area contributed by atoms with E-state index in [1.165, 1.54) is 11.3 Å². The van der Waals surface area contributed by atoms with Crippen molar-refractivity contribution in [1.82, 2.24) is 20.1 Å². The van der Waals surface area contributed by atoms with Crippen LogP contribution in [-0.4, -0.2) is 45.0 Å². The van der Waals surface area contributed by atoms with Crippen LogP contribution >= 0.6 is 11.3 Å². The number of amides is 2. The van der Waals surface area contributed by atoms with Crippen LogP contribution in [0.5, 0.6) is 0 Å². The number of hydrogen-bond donors (Lipinski definition) is 1. The van der Waals surface area contributed by atoms with Crippen LogP contribution in [0.3, 0.4) is 0 Å². The minimum Gasteiger partial charge on any atom is -0.456 e. The van der Waals surface area contributed by atoms with Gasteiger partial charge in [0.2, 0.25) is 5.13 Å². The Kier molecular flexibility index (Phi) is 6.58. The summed E-state index contributed by atoms with van der Waals surface area (Å²) < 4.78 is 5.62. The maximum absolute atomic E-state index is 13.2. The van der Waals surface area contributed by atoms with Crippen LogP contribution in [0.25, 0.3) is 0 Å². The van der Waals surface area contributed by atoms with Crippen molar-refractivity contribution in [2.45, 2.75) is 65.7 Å². The predicted molar refractivity (Wildman–Crippen MR) is 132 cm³/mol. The standard InChI is InChI=1S/C25H31N5O3S/c1-14-13-19(33-16(14)3)22(32)30-11-9-17(10-12-30)20-18(8-7-15(2)26-20)21(31)27-24-29-28-23(34-24)25(4,5)6/h7-8,13,17H,9-12H2,1-6H3,(H,27,29,31). The first-order valence-electron chi connectivity index (χ1n) is 11.5. The summed E-state index contributed by atoms with van der Waals surface area (Å²) >= 11 is 1.38. The van der Waals surface area contributed by atoms with Crippen LogP contribution in [0.1, 0.15) is 88.2 Å². The summed E-state index contributed by atoms with van der Waals surface area (Å²) in [5.41, 5.74) is 3.02. The second-order valence-corrected chi connectivity index (χ2v) is 10.9. The van der Waals surface area contributed by atoms with Crippen LogP contribution in [0.2, 0.25) is 0 Å². The molecule has 0 atom stereocenters. The van der Waals surface area contributed by atoms with Gasteiger partial charge in [-0.3, -0.25) is 19.9 Å². The van der Waals surface area contributed by atoms with Crippen molar-refractivity contribution in [3.63, 3.8) is 0 Å². The topological polar surface area (TPSA) is 101 Å². The molecule has 0 radical (unpaired) electrons. The SMILES string of the molecule is Cc1ccc(C(=O)Nc2nnc(C(C)(C)C)s2)c(C2CCN(C(=O)c3cc(C)c(C)o3)CC2)n1. The summed E-state index contributed by atoms with van der Waals surface area (Å²) in [5.74, 6) is 0.913. The van der Waals surface area contributed by atoms with Crippen LogP contribution in [-0.2, 0) is 5.41 Å². The molecule has 9 heteroatoms. The van der Waals surface area contributed by atoms with Gasteiger partial charge in [-0.15, -0.1) is 10.2 Å². The minimum atomic E-state index is -0.237. The molecule has 0 saturated carbocycles. The smallest absolute Gasteiger partial charge is 0.289 e. The van der Waals surface area contributed by atoms with Crippen molar-refractivity contribution >= 4 is 28.3 Å². The van der Waals surface area contributed by atoms with Gasteiger partial charge in [0.25, 0.3) is 11.8 Å². The molecule has 1 saturated heterocycles. The Morgan fingerprint density at radius 3 is 2.41 bits per heavy atom. The van der Waals surface area contributed by atoms with E-state index in [0.29, 0.717) is 29.5 Å². The molecule has 0 bridgehead atoms. The molecule has 2 amide bonds. The Morgan fingerprint density at radius 1 is 1.12 bits per heavy atom. The first-order chi connectivity index (χ1) is 16.0. The maximum atomic E-state index is 13.2. The van der Waals surface area contributed by atoms with Gasteiger partial charge < -0.3 is 9.32 Å². The highest BCUT2D eigenvalue weighted by Crippen LogP contribution is 2.32. The normalized spacial score (nSPS) is 14.9. The molecule has 3 aromatic rings. The fourth-order valence-corrected chi connectivity index (χ4v) is 4.81. The van der Waals surface area contributed by atoms with Crippen molar-refractivity contribution in [2.24, 2.45) is 0 Å². The molecule has 1 N–H and O–H groups in total. The van der Waals surface area contributed by atoms with Gasteiger partial charge in [0.05, 0.1) is 11.3 Å². The number of rotatable bonds is 4. The van der Waals surface area contributed by atoms with E-state index in [2.05, 4.69) is 36.3 Å². The summed E-state index contributed by atoms with van der Waals surface area (Å²) in [6, 6.07) is 5.47. The molecule has 8 nitrogen and oxygen atoms in total. The van der Waals surface area contributed by atoms with Crippen molar-refractivity contribution in [3.05, 3.63) is 57.2 Å². The quantitative estimate of drug-likeness (QED) is 0.561. The average Bonchev–Trinajstić information content (AvgIpc) is 3.39. The number of nitrogens with zero attached hydrogens (tertiary/aromatic N) is 4. The van der Waals surface area contributed by atoms with Crippen LogP contribution < -0.4 is 5.32 Å². The van der Waals surface area contributed by atoms with Crippen LogP contribution in [0, 0.1) is 20.8 Å². The van der Waals surface area contributed by atoms with Gasteiger partial charge in [-0.25, -0.2) is 0 Å². The van der Waals surface area contributed by atoms with Crippen molar-refractivity contribution < 1.29 is 14.0 Å². The Hall–Kier alpha value is -3.07. The van der Waals surface area contributed by atoms with E-state index in [-0.39, 0.29) is 23.1 Å². The Morgan fingerprint density at radius 2 is 1.82 bits per heavy atom. The number of carbonyl (C=O) groups is 2. The molecule has 0 aromatic carbocycles. The van der Waals surface area contributed by atoms with Gasteiger partial charge in [0.1, 0.15) is 10.8 Å². The molecule has 180 valence electrons. The van der Waals surface area contributed by atoms with Crippen LogP contribution in [0.15, 0.2) is 22.6 Å². The highest BCUT2D eigenvalue weighted by Gasteiger charge is 2.30. The first-order valence-corrected chi connectivity index (χ1v) is 12.3. The van der Waals surface area contributed by atoms with E-state index in [0.717, 1.165) is 40.6 Å². The molecular formula is C25H31N5O3S. The van der Waals surface area contributed by atoms with E-state index in [4.69, 9.17) is 9.40 Å². The Labute approximate surface area is 203 Å². The number of hydrogen-bond acceptors (Lipinski definition) is 7. The zero-order valence-corrected chi connectivity index (χ0v) is 21.4. The number of aromatic nitrogens is 3. The van der Waals surface area contributed by atoms with Gasteiger partial charge in [-0.05, 0) is 57.4 Å². The highest BCUT2D eigenvalue weighted by molar-refractivity contribution is 7.15. The molecule has 34 heavy (non-hydrogen) atoms. The summed E-state index contributed by atoms with van der Waals surface area (Å²) in [4.78, 5) is 32.6. The van der Waals surface area contributed by atoms with Gasteiger partial charge in [-0.1, -0.05) is 32.1 Å². The zero-order chi connectivity index (χ0) is 24.6. The molecule has 3 aromatic heterocycles. The second kappa shape index (κ2) is 9.29. The third-order valence-electron chi connectivity index (χ3n) is 6.14. The van der Waals surface area contributed by atoms with E-state index in [1.807, 2.05) is 37.8 Å². The van der Waals surface area contributed by atoms with Gasteiger partial charge in [0.15, 0.2) is 5.76 Å². The number of carbonyl (C=O) groups excluding carboxylic acids is 2. The molecule has 0 spiro atoms.